The summed E-state index contributed by atoms with van der Waals surface area (Å²) in [6.07, 6.45) is 3.71. The highest BCUT2D eigenvalue weighted by molar-refractivity contribution is 8.76. The highest BCUT2D eigenvalue weighted by atomic mass is 33.1. The fraction of sp³-hybridized carbons (Fsp3) is 0.294. The standard InChI is InChI=1S/C17H21N3S2/c1-13(2)16-8-7-15(12-20-16)14(3)18-10-11-21-22-17-6-4-5-9-19-17/h4-9,12-13,18H,3,10-11H2,1-2H3. The maximum atomic E-state index is 4.46. The van der Waals surface area contributed by atoms with E-state index < -0.39 is 0 Å². The van der Waals surface area contributed by atoms with Gasteiger partial charge in [-0.15, -0.1) is 0 Å². The molecule has 0 atom stereocenters. The van der Waals surface area contributed by atoms with E-state index in [2.05, 4.69) is 47.8 Å². The topological polar surface area (TPSA) is 37.8 Å². The van der Waals surface area contributed by atoms with Crippen LogP contribution in [0.15, 0.2) is 54.3 Å². The second-order valence-corrected chi connectivity index (χ2v) is 7.54. The van der Waals surface area contributed by atoms with Crippen molar-refractivity contribution in [2.45, 2.75) is 24.8 Å². The summed E-state index contributed by atoms with van der Waals surface area (Å²) in [7, 11) is 3.48. The highest BCUT2D eigenvalue weighted by Crippen LogP contribution is 2.28. The summed E-state index contributed by atoms with van der Waals surface area (Å²) in [5, 5.41) is 4.39. The van der Waals surface area contributed by atoms with E-state index in [9.17, 15) is 0 Å². The van der Waals surface area contributed by atoms with E-state index in [-0.39, 0.29) is 0 Å². The number of nitrogens with zero attached hydrogens (tertiary/aromatic N) is 2. The van der Waals surface area contributed by atoms with Crippen LogP contribution < -0.4 is 5.32 Å². The fourth-order valence-electron chi connectivity index (χ4n) is 1.77. The van der Waals surface area contributed by atoms with Gasteiger partial charge in [-0.3, -0.25) is 4.98 Å². The zero-order valence-electron chi connectivity index (χ0n) is 13.0. The lowest BCUT2D eigenvalue weighted by Gasteiger charge is -2.10. The Kier molecular flexibility index (Phi) is 6.80. The monoisotopic (exact) mass is 331 g/mol. The lowest BCUT2D eigenvalue weighted by atomic mass is 10.1. The molecule has 0 saturated carbocycles. The molecule has 5 heteroatoms. The first-order chi connectivity index (χ1) is 10.7. The van der Waals surface area contributed by atoms with Crippen molar-refractivity contribution in [1.29, 1.82) is 0 Å². The maximum absolute atomic E-state index is 4.46. The number of hydrogen-bond acceptors (Lipinski definition) is 5. The molecule has 0 aliphatic rings. The number of pyridine rings is 2. The van der Waals surface area contributed by atoms with Crippen LogP contribution in [-0.2, 0) is 0 Å². The average Bonchev–Trinajstić information content (AvgIpc) is 2.55. The van der Waals surface area contributed by atoms with Crippen molar-refractivity contribution in [3.05, 3.63) is 60.6 Å². The van der Waals surface area contributed by atoms with Gasteiger partial charge in [-0.2, -0.15) is 0 Å². The van der Waals surface area contributed by atoms with Gasteiger partial charge in [0.25, 0.3) is 0 Å². The summed E-state index contributed by atoms with van der Waals surface area (Å²) >= 11 is 0. The zero-order chi connectivity index (χ0) is 15.8. The molecule has 2 heterocycles. The van der Waals surface area contributed by atoms with Crippen molar-refractivity contribution in [3.63, 3.8) is 0 Å². The molecule has 0 aromatic carbocycles. The summed E-state index contributed by atoms with van der Waals surface area (Å²) in [4.78, 5) is 8.74. The second kappa shape index (κ2) is 8.86. The molecule has 2 aromatic rings. The third kappa shape index (κ3) is 5.39. The van der Waals surface area contributed by atoms with E-state index in [0.717, 1.165) is 34.3 Å². The lowest BCUT2D eigenvalue weighted by molar-refractivity contribution is 0.821. The Balaban J connectivity index is 1.69. The number of nitrogens with one attached hydrogen (secondary N) is 1. The van der Waals surface area contributed by atoms with Crippen molar-refractivity contribution in [2.24, 2.45) is 0 Å². The van der Waals surface area contributed by atoms with Gasteiger partial charge in [0.2, 0.25) is 0 Å². The molecular formula is C17H21N3S2. The number of hydrogen-bond donors (Lipinski definition) is 1. The molecular weight excluding hydrogens is 310 g/mol. The van der Waals surface area contributed by atoms with Gasteiger partial charge >= 0.3 is 0 Å². The molecule has 2 aromatic heterocycles. The van der Waals surface area contributed by atoms with E-state index in [4.69, 9.17) is 0 Å². The van der Waals surface area contributed by atoms with E-state index in [1.165, 1.54) is 0 Å². The van der Waals surface area contributed by atoms with E-state index in [0.29, 0.717) is 5.92 Å². The van der Waals surface area contributed by atoms with Crippen molar-refractivity contribution >= 4 is 27.3 Å². The Labute approximate surface area is 140 Å². The molecule has 0 fully saturated rings. The molecule has 116 valence electrons. The van der Waals surface area contributed by atoms with Gasteiger partial charge in [0.05, 0.1) is 0 Å². The van der Waals surface area contributed by atoms with E-state index in [1.54, 1.807) is 21.6 Å². The smallest absolute Gasteiger partial charge is 0.106 e. The Morgan fingerprint density at radius 2 is 2.09 bits per heavy atom. The molecule has 3 nitrogen and oxygen atoms in total. The Bertz CT molecular complexity index is 583. The maximum Gasteiger partial charge on any atom is 0.106 e. The predicted octanol–water partition coefficient (Wildman–Crippen LogP) is 4.60. The first kappa shape index (κ1) is 16.9. The molecule has 0 aliphatic heterocycles. The third-order valence-electron chi connectivity index (χ3n) is 3.03. The predicted molar refractivity (Wildman–Crippen MR) is 97.9 cm³/mol. The van der Waals surface area contributed by atoms with E-state index in [1.807, 2.05) is 30.6 Å². The van der Waals surface area contributed by atoms with Gasteiger partial charge in [-0.25, -0.2) is 4.98 Å². The third-order valence-corrected chi connectivity index (χ3v) is 5.30. The quantitative estimate of drug-likeness (QED) is 0.565. The van der Waals surface area contributed by atoms with Crippen LogP contribution in [0.3, 0.4) is 0 Å². The van der Waals surface area contributed by atoms with Crippen LogP contribution in [0.1, 0.15) is 31.0 Å². The summed E-state index contributed by atoms with van der Waals surface area (Å²) in [5.41, 5.74) is 3.08. The van der Waals surface area contributed by atoms with Crippen LogP contribution in [-0.4, -0.2) is 22.3 Å². The Morgan fingerprint density at radius 3 is 2.73 bits per heavy atom. The average molecular weight is 332 g/mol. The minimum absolute atomic E-state index is 0.454. The molecule has 0 radical (unpaired) electrons. The van der Waals surface area contributed by atoms with Crippen molar-refractivity contribution in [2.75, 3.05) is 12.3 Å². The van der Waals surface area contributed by atoms with Gasteiger partial charge in [-0.05, 0) is 41.0 Å². The fourth-order valence-corrected chi connectivity index (χ4v) is 3.55. The number of aromatic nitrogens is 2. The van der Waals surface area contributed by atoms with Crippen LogP contribution >= 0.6 is 21.6 Å². The Morgan fingerprint density at radius 1 is 1.23 bits per heavy atom. The molecule has 22 heavy (non-hydrogen) atoms. The zero-order valence-corrected chi connectivity index (χ0v) is 14.6. The van der Waals surface area contributed by atoms with Gasteiger partial charge in [0.15, 0.2) is 0 Å². The van der Waals surface area contributed by atoms with Crippen molar-refractivity contribution in [3.8, 4) is 0 Å². The molecule has 2 rings (SSSR count). The van der Waals surface area contributed by atoms with Crippen molar-refractivity contribution < 1.29 is 0 Å². The molecule has 0 unspecified atom stereocenters. The minimum Gasteiger partial charge on any atom is -0.384 e. The van der Waals surface area contributed by atoms with Crippen LogP contribution in [0.2, 0.25) is 0 Å². The number of rotatable bonds is 8. The molecule has 1 N–H and O–H groups in total. The van der Waals surface area contributed by atoms with Gasteiger partial charge in [0.1, 0.15) is 5.03 Å². The van der Waals surface area contributed by atoms with Gasteiger partial charge in [0, 0.05) is 41.6 Å². The molecule has 0 amide bonds. The molecule has 0 bridgehead atoms. The second-order valence-electron chi connectivity index (χ2n) is 5.11. The highest BCUT2D eigenvalue weighted by Gasteiger charge is 2.03. The summed E-state index contributed by atoms with van der Waals surface area (Å²) in [6, 6.07) is 10.1. The van der Waals surface area contributed by atoms with Crippen LogP contribution in [0.5, 0.6) is 0 Å². The van der Waals surface area contributed by atoms with Crippen LogP contribution in [0, 0.1) is 0 Å². The van der Waals surface area contributed by atoms with Crippen LogP contribution in [0.4, 0.5) is 0 Å². The van der Waals surface area contributed by atoms with Gasteiger partial charge < -0.3 is 5.32 Å². The summed E-state index contributed by atoms with van der Waals surface area (Å²) < 4.78 is 0. The van der Waals surface area contributed by atoms with Crippen molar-refractivity contribution in [1.82, 2.24) is 15.3 Å². The normalized spacial score (nSPS) is 10.7. The summed E-state index contributed by atoms with van der Waals surface area (Å²) in [5.74, 6) is 1.44. The van der Waals surface area contributed by atoms with Crippen LogP contribution in [0.25, 0.3) is 5.70 Å². The molecule has 0 aliphatic carbocycles. The SMILES string of the molecule is C=C(NCCSSc1ccccn1)c1ccc(C(C)C)nc1. The van der Waals surface area contributed by atoms with E-state index >= 15 is 0 Å². The first-order valence-corrected chi connectivity index (χ1v) is 9.58. The summed E-state index contributed by atoms with van der Waals surface area (Å²) in [6.45, 7) is 9.23. The Hall–Kier alpha value is -1.46. The minimum atomic E-state index is 0.454. The lowest BCUT2D eigenvalue weighted by Crippen LogP contribution is -2.14. The van der Waals surface area contributed by atoms with Gasteiger partial charge in [-0.1, -0.05) is 37.3 Å². The molecule has 0 saturated heterocycles. The first-order valence-electron chi connectivity index (χ1n) is 7.26. The molecule has 0 spiro atoms. The largest absolute Gasteiger partial charge is 0.384 e.